The van der Waals surface area contributed by atoms with Gasteiger partial charge < -0.3 is 14.6 Å². The number of rotatable bonds is 70. The number of carbonyl (C=O) groups is 2. The van der Waals surface area contributed by atoms with Crippen LogP contribution in [0.3, 0.4) is 0 Å². The fraction of sp³-hybridized carbons (Fsp3) is 0.735. The van der Waals surface area contributed by atoms with Crippen molar-refractivity contribution in [2.45, 2.75) is 380 Å². The highest BCUT2D eigenvalue weighted by Crippen LogP contribution is 2.18. The smallest absolute Gasteiger partial charge is 0.306 e. The number of carbonyl (C=O) groups excluding carboxylic acids is 2. The Morgan fingerprint density at radius 3 is 0.750 bits per heavy atom. The normalized spacial score (nSPS) is 12.9. The second-order valence-corrected chi connectivity index (χ2v) is 25.3. The summed E-state index contributed by atoms with van der Waals surface area (Å²) < 4.78 is 10.8. The summed E-state index contributed by atoms with van der Waals surface area (Å²) in [5.41, 5.74) is 0. The first-order valence-corrected chi connectivity index (χ1v) is 38.1. The van der Waals surface area contributed by atoms with E-state index in [9.17, 15) is 14.7 Å². The van der Waals surface area contributed by atoms with Crippen molar-refractivity contribution in [3.8, 4) is 0 Å². The van der Waals surface area contributed by atoms with Crippen molar-refractivity contribution in [1.29, 1.82) is 0 Å². The Morgan fingerprint density at radius 1 is 0.273 bits per heavy atom. The molecule has 0 aliphatic rings. The van der Waals surface area contributed by atoms with E-state index >= 15 is 0 Å². The van der Waals surface area contributed by atoms with Gasteiger partial charge in [-0.15, -0.1) is 0 Å². The summed E-state index contributed by atoms with van der Waals surface area (Å²) in [6, 6.07) is 0. The summed E-state index contributed by atoms with van der Waals surface area (Å²) in [5, 5.41) is 9.72. The summed E-state index contributed by atoms with van der Waals surface area (Å²) in [6.45, 7) is 4.06. The standard InChI is InChI=1S/C83H144O5/c1-3-5-7-9-11-13-15-17-19-21-23-25-27-29-31-33-35-37-39-40-41-42-44-46-48-50-52-54-56-58-60-62-64-66-68-70-72-74-76-78-83(86)88-81(79-84)80-87-82(85)77-75-73-71-69-67-65-63-61-59-57-55-53-51-49-47-45-43-38-36-34-32-30-28-26-24-22-20-18-16-14-12-10-8-6-4-2/h5,7,11,13,17,19,22-25,29,31,35,37,40-41,44,46,50,52,81,84H,3-4,6,8-10,12,14-16,18,20-21,26-28,30,32-34,36,38-39,42-43,45,47-49,51,53-80H2,1-2H3/b7-5-,13-11-,19-17-,24-22-,25-23-,31-29-,37-35-,41-40-,46-44-,52-50-. The number of hydrogen-bond donors (Lipinski definition) is 1. The molecule has 0 aromatic rings. The molecule has 1 N–H and O–H groups in total. The second-order valence-electron chi connectivity index (χ2n) is 25.3. The number of hydrogen-bond acceptors (Lipinski definition) is 5. The molecule has 0 spiro atoms. The SMILES string of the molecule is CC/C=C\C/C=C\C/C=C\C/C=C\C/C=C\C/C=C\C/C=C\C/C=C\C/C=C\CCCCCCCCCCCCCC(=O)OC(CO)COC(=O)CCCCCCCCCCCCCCCCCCCCCCCCC/C=C\CCCCCCCCCC. The Morgan fingerprint density at radius 2 is 0.489 bits per heavy atom. The van der Waals surface area contributed by atoms with Gasteiger partial charge >= 0.3 is 11.9 Å². The Bertz CT molecular complexity index is 1720. The van der Waals surface area contributed by atoms with Gasteiger partial charge in [-0.2, -0.15) is 0 Å². The van der Waals surface area contributed by atoms with E-state index in [2.05, 4.69) is 135 Å². The number of unbranched alkanes of at least 4 members (excludes halogenated alkanes) is 42. The van der Waals surface area contributed by atoms with Gasteiger partial charge in [0.25, 0.3) is 0 Å². The van der Waals surface area contributed by atoms with Crippen molar-refractivity contribution in [1.82, 2.24) is 0 Å². The van der Waals surface area contributed by atoms with E-state index in [4.69, 9.17) is 9.47 Å². The lowest BCUT2D eigenvalue weighted by Gasteiger charge is -2.15. The second kappa shape index (κ2) is 77.5. The van der Waals surface area contributed by atoms with Crippen LogP contribution in [0, 0.1) is 0 Å². The fourth-order valence-corrected chi connectivity index (χ4v) is 11.1. The molecule has 1 unspecified atom stereocenters. The van der Waals surface area contributed by atoms with E-state index in [1.54, 1.807) is 0 Å². The molecular weight excluding hydrogens is 1080 g/mol. The van der Waals surface area contributed by atoms with E-state index in [0.717, 1.165) is 96.3 Å². The van der Waals surface area contributed by atoms with Crippen LogP contribution < -0.4 is 0 Å². The third-order valence-electron chi connectivity index (χ3n) is 16.7. The van der Waals surface area contributed by atoms with Crippen LogP contribution in [0.15, 0.2) is 122 Å². The van der Waals surface area contributed by atoms with Crippen molar-refractivity contribution in [2.24, 2.45) is 0 Å². The molecule has 5 nitrogen and oxygen atoms in total. The number of allylic oxidation sites excluding steroid dienone is 20. The Kier molecular flexibility index (Phi) is 74.3. The molecule has 88 heavy (non-hydrogen) atoms. The average Bonchev–Trinajstić information content (AvgIpc) is 3.54. The Labute approximate surface area is 547 Å². The summed E-state index contributed by atoms with van der Waals surface area (Å²) in [7, 11) is 0. The summed E-state index contributed by atoms with van der Waals surface area (Å²) in [4.78, 5) is 24.7. The van der Waals surface area contributed by atoms with Crippen LogP contribution in [0.25, 0.3) is 0 Å². The third-order valence-corrected chi connectivity index (χ3v) is 16.7. The van der Waals surface area contributed by atoms with E-state index in [1.165, 1.54) is 250 Å². The van der Waals surface area contributed by atoms with Crippen LogP contribution in [0.4, 0.5) is 0 Å². The first-order valence-electron chi connectivity index (χ1n) is 38.1. The Balaban J connectivity index is 3.47. The van der Waals surface area contributed by atoms with Crippen LogP contribution >= 0.6 is 0 Å². The van der Waals surface area contributed by atoms with Crippen LogP contribution in [-0.4, -0.2) is 36.4 Å². The van der Waals surface area contributed by atoms with Gasteiger partial charge in [0.1, 0.15) is 6.61 Å². The molecule has 0 rings (SSSR count). The molecule has 0 saturated carbocycles. The maximum absolute atomic E-state index is 12.4. The van der Waals surface area contributed by atoms with Gasteiger partial charge in [0.15, 0.2) is 6.10 Å². The molecule has 0 radical (unpaired) electrons. The van der Waals surface area contributed by atoms with E-state index in [0.29, 0.717) is 12.8 Å². The molecule has 0 amide bonds. The van der Waals surface area contributed by atoms with Crippen molar-refractivity contribution >= 4 is 11.9 Å². The molecule has 0 aromatic carbocycles. The molecule has 0 saturated heterocycles. The first kappa shape index (κ1) is 84.3. The van der Waals surface area contributed by atoms with Gasteiger partial charge in [-0.3, -0.25) is 9.59 Å². The number of ether oxygens (including phenoxy) is 2. The maximum atomic E-state index is 12.4. The van der Waals surface area contributed by atoms with E-state index in [-0.39, 0.29) is 25.2 Å². The van der Waals surface area contributed by atoms with E-state index in [1.807, 2.05) is 0 Å². The summed E-state index contributed by atoms with van der Waals surface area (Å²) >= 11 is 0. The lowest BCUT2D eigenvalue weighted by atomic mass is 10.0. The molecule has 0 aliphatic carbocycles. The predicted octanol–water partition coefficient (Wildman–Crippen LogP) is 26.9. The molecule has 1 atom stereocenters. The third kappa shape index (κ3) is 74.8. The highest BCUT2D eigenvalue weighted by molar-refractivity contribution is 5.70. The first-order chi connectivity index (χ1) is 43.6. The largest absolute Gasteiger partial charge is 0.462 e. The molecule has 506 valence electrons. The molecule has 5 heteroatoms. The minimum Gasteiger partial charge on any atom is -0.462 e. The van der Waals surface area contributed by atoms with Crippen molar-refractivity contribution in [2.75, 3.05) is 13.2 Å². The monoisotopic (exact) mass is 1220 g/mol. The summed E-state index contributed by atoms with van der Waals surface area (Å²) in [5.74, 6) is -0.583. The van der Waals surface area contributed by atoms with Crippen molar-refractivity contribution in [3.05, 3.63) is 122 Å². The zero-order valence-corrected chi connectivity index (χ0v) is 58.2. The molecule has 0 aromatic heterocycles. The molecular formula is C83H144O5. The van der Waals surface area contributed by atoms with E-state index < -0.39 is 6.10 Å². The molecule has 0 bridgehead atoms. The number of aliphatic hydroxyl groups is 1. The zero-order chi connectivity index (χ0) is 63.3. The average molecular weight is 1220 g/mol. The quantitative estimate of drug-likeness (QED) is 0.0373. The van der Waals surface area contributed by atoms with Gasteiger partial charge in [-0.25, -0.2) is 0 Å². The minimum absolute atomic E-state index is 0.0682. The maximum Gasteiger partial charge on any atom is 0.306 e. The lowest BCUT2D eigenvalue weighted by Crippen LogP contribution is -2.28. The minimum atomic E-state index is -0.781. The topological polar surface area (TPSA) is 72.8 Å². The molecule has 0 fully saturated rings. The summed E-state index contributed by atoms with van der Waals surface area (Å²) in [6.07, 6.45) is 114. The predicted molar refractivity (Wildman–Crippen MR) is 389 cm³/mol. The van der Waals surface area contributed by atoms with Crippen LogP contribution in [-0.2, 0) is 19.1 Å². The highest BCUT2D eigenvalue weighted by Gasteiger charge is 2.16. The van der Waals surface area contributed by atoms with Crippen LogP contribution in [0.2, 0.25) is 0 Å². The van der Waals surface area contributed by atoms with Gasteiger partial charge in [0, 0.05) is 12.8 Å². The van der Waals surface area contributed by atoms with Gasteiger partial charge in [-0.1, -0.05) is 373 Å². The van der Waals surface area contributed by atoms with Crippen molar-refractivity contribution < 1.29 is 24.2 Å². The number of esters is 2. The van der Waals surface area contributed by atoms with Crippen molar-refractivity contribution in [3.63, 3.8) is 0 Å². The Hall–Kier alpha value is -3.70. The van der Waals surface area contributed by atoms with Gasteiger partial charge in [0.2, 0.25) is 0 Å². The highest BCUT2D eigenvalue weighted by atomic mass is 16.6. The van der Waals surface area contributed by atoms with Crippen LogP contribution in [0.1, 0.15) is 373 Å². The molecule has 0 aliphatic heterocycles. The molecule has 0 heterocycles. The lowest BCUT2D eigenvalue weighted by molar-refractivity contribution is -0.161. The van der Waals surface area contributed by atoms with Crippen LogP contribution in [0.5, 0.6) is 0 Å². The fourth-order valence-electron chi connectivity index (χ4n) is 11.1. The van der Waals surface area contributed by atoms with Gasteiger partial charge in [-0.05, 0) is 109 Å². The zero-order valence-electron chi connectivity index (χ0n) is 58.2. The number of aliphatic hydroxyl groups excluding tert-OH is 1. The van der Waals surface area contributed by atoms with Gasteiger partial charge in [0.05, 0.1) is 6.61 Å².